The van der Waals surface area contributed by atoms with Crippen LogP contribution in [-0.4, -0.2) is 30.6 Å². The van der Waals surface area contributed by atoms with Gasteiger partial charge in [0.1, 0.15) is 5.76 Å². The van der Waals surface area contributed by atoms with E-state index in [0.717, 1.165) is 6.42 Å². The van der Waals surface area contributed by atoms with Crippen molar-refractivity contribution in [3.8, 4) is 0 Å². The average molecular weight is 276 g/mol. The van der Waals surface area contributed by atoms with Crippen LogP contribution in [0.25, 0.3) is 0 Å². The third-order valence-electron chi connectivity index (χ3n) is 4.85. The third kappa shape index (κ3) is 3.26. The van der Waals surface area contributed by atoms with Gasteiger partial charge in [0.05, 0.1) is 6.26 Å². The highest BCUT2D eigenvalue weighted by molar-refractivity contribution is 5.24. The van der Waals surface area contributed by atoms with E-state index in [1.165, 1.54) is 69.5 Å². The van der Waals surface area contributed by atoms with E-state index in [4.69, 9.17) is 4.42 Å². The predicted octanol–water partition coefficient (Wildman–Crippen LogP) is 3.51. The Balaban J connectivity index is 1.56. The number of hydrogen-bond acceptors (Lipinski definition) is 3. The van der Waals surface area contributed by atoms with Gasteiger partial charge in [0.25, 0.3) is 0 Å². The average Bonchev–Trinajstić information content (AvgIpc) is 2.83. The Kier molecular flexibility index (Phi) is 4.79. The molecule has 2 atom stereocenters. The Morgan fingerprint density at radius 2 is 2.20 bits per heavy atom. The van der Waals surface area contributed by atoms with Crippen molar-refractivity contribution in [2.75, 3.05) is 19.6 Å². The Morgan fingerprint density at radius 3 is 3.10 bits per heavy atom. The largest absolute Gasteiger partial charge is 0.469 e. The summed E-state index contributed by atoms with van der Waals surface area (Å²) in [5.41, 5.74) is 1.42. The van der Waals surface area contributed by atoms with Crippen LogP contribution < -0.4 is 5.32 Å². The quantitative estimate of drug-likeness (QED) is 0.912. The molecule has 0 spiro atoms. The van der Waals surface area contributed by atoms with Gasteiger partial charge in [0.2, 0.25) is 0 Å². The minimum absolute atomic E-state index is 0.528. The fourth-order valence-corrected chi connectivity index (χ4v) is 3.81. The van der Waals surface area contributed by atoms with Crippen molar-refractivity contribution >= 4 is 0 Å². The summed E-state index contributed by atoms with van der Waals surface area (Å²) < 4.78 is 5.60. The van der Waals surface area contributed by atoms with E-state index in [9.17, 15) is 0 Å². The number of likely N-dealkylation sites (tertiary alicyclic amines) is 1. The fraction of sp³-hybridized carbons (Fsp3) is 0.765. The van der Waals surface area contributed by atoms with E-state index in [2.05, 4.69) is 23.2 Å². The molecule has 0 bridgehead atoms. The van der Waals surface area contributed by atoms with Gasteiger partial charge in [-0.25, -0.2) is 0 Å². The van der Waals surface area contributed by atoms with Crippen molar-refractivity contribution < 1.29 is 4.42 Å². The normalized spacial score (nSPS) is 28.1. The molecule has 0 amide bonds. The summed E-state index contributed by atoms with van der Waals surface area (Å²) in [4.78, 5) is 2.63. The second-order valence-electron chi connectivity index (χ2n) is 6.38. The summed E-state index contributed by atoms with van der Waals surface area (Å²) in [5.74, 6) is 1.22. The lowest BCUT2D eigenvalue weighted by atomic mass is 9.92. The lowest BCUT2D eigenvalue weighted by molar-refractivity contribution is 0.279. The molecule has 112 valence electrons. The Labute approximate surface area is 122 Å². The van der Waals surface area contributed by atoms with Gasteiger partial charge in [-0.3, -0.25) is 0 Å². The number of furan rings is 1. The third-order valence-corrected chi connectivity index (χ3v) is 4.85. The van der Waals surface area contributed by atoms with Crippen LogP contribution in [0.2, 0.25) is 0 Å². The zero-order valence-corrected chi connectivity index (χ0v) is 12.7. The van der Waals surface area contributed by atoms with E-state index in [1.807, 2.05) is 6.26 Å². The van der Waals surface area contributed by atoms with Crippen LogP contribution in [0, 0.1) is 0 Å². The lowest BCUT2D eigenvalue weighted by Gasteiger charge is -2.28. The molecule has 0 aromatic carbocycles. The smallest absolute Gasteiger partial charge is 0.108 e. The Hall–Kier alpha value is -0.800. The molecule has 1 fully saturated rings. The molecule has 3 nitrogen and oxygen atoms in total. The van der Waals surface area contributed by atoms with Crippen LogP contribution in [0.1, 0.15) is 62.8 Å². The molecule has 0 saturated carbocycles. The van der Waals surface area contributed by atoms with Crippen LogP contribution >= 0.6 is 0 Å². The summed E-state index contributed by atoms with van der Waals surface area (Å²) in [5, 5.41) is 3.92. The molecule has 1 aliphatic heterocycles. The molecular weight excluding hydrogens is 248 g/mol. The van der Waals surface area contributed by atoms with Gasteiger partial charge in [-0.15, -0.1) is 0 Å². The molecule has 2 aliphatic rings. The molecule has 3 rings (SSSR count). The highest BCUT2D eigenvalue weighted by atomic mass is 16.3. The first kappa shape index (κ1) is 14.2. The first-order valence-corrected chi connectivity index (χ1v) is 8.41. The number of aryl methyl sites for hydroxylation is 1. The SMILES string of the molecule is CCCN1CCCC(NC2CCCc3occc32)CC1. The molecule has 3 heteroatoms. The zero-order chi connectivity index (χ0) is 13.8. The maximum absolute atomic E-state index is 5.60. The first-order valence-electron chi connectivity index (χ1n) is 8.41. The van der Waals surface area contributed by atoms with Gasteiger partial charge in [0, 0.05) is 24.1 Å². The minimum atomic E-state index is 0.528. The van der Waals surface area contributed by atoms with Gasteiger partial charge in [0.15, 0.2) is 0 Å². The van der Waals surface area contributed by atoms with Gasteiger partial charge >= 0.3 is 0 Å². The summed E-state index contributed by atoms with van der Waals surface area (Å²) in [7, 11) is 0. The second-order valence-corrected chi connectivity index (χ2v) is 6.38. The number of hydrogen-bond donors (Lipinski definition) is 1. The van der Waals surface area contributed by atoms with E-state index in [-0.39, 0.29) is 0 Å². The molecule has 1 aromatic rings. The van der Waals surface area contributed by atoms with E-state index >= 15 is 0 Å². The summed E-state index contributed by atoms with van der Waals surface area (Å²) >= 11 is 0. The first-order chi connectivity index (χ1) is 9.86. The van der Waals surface area contributed by atoms with Crippen molar-refractivity contribution in [1.82, 2.24) is 10.2 Å². The summed E-state index contributed by atoms with van der Waals surface area (Å²) in [6.07, 6.45) is 10.7. The van der Waals surface area contributed by atoms with Gasteiger partial charge < -0.3 is 14.6 Å². The zero-order valence-electron chi connectivity index (χ0n) is 12.7. The monoisotopic (exact) mass is 276 g/mol. The topological polar surface area (TPSA) is 28.4 Å². The lowest BCUT2D eigenvalue weighted by Crippen LogP contribution is -2.35. The van der Waals surface area contributed by atoms with Gasteiger partial charge in [-0.2, -0.15) is 0 Å². The van der Waals surface area contributed by atoms with Gasteiger partial charge in [-0.1, -0.05) is 6.92 Å². The Bertz CT molecular complexity index is 415. The molecule has 1 N–H and O–H groups in total. The number of nitrogens with one attached hydrogen (secondary N) is 1. The van der Waals surface area contributed by atoms with Gasteiger partial charge in [-0.05, 0) is 64.2 Å². The van der Waals surface area contributed by atoms with E-state index in [1.54, 1.807) is 0 Å². The van der Waals surface area contributed by atoms with Crippen molar-refractivity contribution in [2.24, 2.45) is 0 Å². The van der Waals surface area contributed by atoms with Crippen LogP contribution in [0.15, 0.2) is 16.7 Å². The highest BCUT2D eigenvalue weighted by Gasteiger charge is 2.25. The Morgan fingerprint density at radius 1 is 1.25 bits per heavy atom. The van der Waals surface area contributed by atoms with Crippen molar-refractivity contribution in [2.45, 2.75) is 64.0 Å². The molecular formula is C17H28N2O. The maximum atomic E-state index is 5.60. The van der Waals surface area contributed by atoms with Crippen LogP contribution in [0.4, 0.5) is 0 Å². The van der Waals surface area contributed by atoms with Crippen molar-refractivity contribution in [3.63, 3.8) is 0 Å². The molecule has 1 aliphatic carbocycles. The van der Waals surface area contributed by atoms with E-state index in [0.29, 0.717) is 12.1 Å². The molecule has 20 heavy (non-hydrogen) atoms. The van der Waals surface area contributed by atoms with Crippen LogP contribution in [0.3, 0.4) is 0 Å². The maximum Gasteiger partial charge on any atom is 0.108 e. The highest BCUT2D eigenvalue weighted by Crippen LogP contribution is 2.31. The summed E-state index contributed by atoms with van der Waals surface area (Å²) in [6, 6.07) is 3.38. The van der Waals surface area contributed by atoms with Crippen LogP contribution in [0.5, 0.6) is 0 Å². The number of rotatable bonds is 4. The fourth-order valence-electron chi connectivity index (χ4n) is 3.81. The van der Waals surface area contributed by atoms with Crippen molar-refractivity contribution in [1.29, 1.82) is 0 Å². The van der Waals surface area contributed by atoms with Crippen molar-refractivity contribution in [3.05, 3.63) is 23.7 Å². The second kappa shape index (κ2) is 6.77. The van der Waals surface area contributed by atoms with Crippen LogP contribution in [-0.2, 0) is 6.42 Å². The standard InChI is InChI=1S/C17H28N2O/c1-2-10-19-11-4-5-14(8-12-19)18-16-6-3-7-17-15(16)9-13-20-17/h9,13-14,16,18H,2-8,10-12H2,1H3. The molecule has 1 saturated heterocycles. The molecule has 1 aromatic heterocycles. The summed E-state index contributed by atoms with van der Waals surface area (Å²) in [6.45, 7) is 6.09. The molecule has 0 radical (unpaired) electrons. The predicted molar refractivity (Wildman–Crippen MR) is 81.9 cm³/mol. The molecule has 2 heterocycles. The minimum Gasteiger partial charge on any atom is -0.469 e. The number of fused-ring (bicyclic) bond motifs is 1. The van der Waals surface area contributed by atoms with E-state index < -0.39 is 0 Å². The molecule has 2 unspecified atom stereocenters. The number of nitrogens with zero attached hydrogens (tertiary/aromatic N) is 1.